The van der Waals surface area contributed by atoms with Crippen molar-refractivity contribution in [3.63, 3.8) is 0 Å². The lowest BCUT2D eigenvalue weighted by molar-refractivity contribution is 0.0779. The number of rotatable bonds is 5. The van der Waals surface area contributed by atoms with Crippen LogP contribution >= 0.6 is 0 Å². The van der Waals surface area contributed by atoms with Gasteiger partial charge < -0.3 is 15.0 Å². The smallest absolute Gasteiger partial charge is 0.276 e. The van der Waals surface area contributed by atoms with Crippen LogP contribution in [-0.2, 0) is 6.54 Å². The topological polar surface area (TPSA) is 72.3 Å². The number of nitrogens with one attached hydrogen (secondary N) is 1. The van der Waals surface area contributed by atoms with Crippen molar-refractivity contribution < 1.29 is 9.53 Å². The second kappa shape index (κ2) is 7.65. The van der Waals surface area contributed by atoms with Crippen LogP contribution in [-0.4, -0.2) is 53.0 Å². The van der Waals surface area contributed by atoms with Crippen LogP contribution in [0.1, 0.15) is 40.5 Å². The summed E-state index contributed by atoms with van der Waals surface area (Å²) < 4.78 is 7.11. The summed E-state index contributed by atoms with van der Waals surface area (Å²) in [6.07, 6.45) is 3.80. The number of aromatic nitrogens is 3. The summed E-state index contributed by atoms with van der Waals surface area (Å²) in [6, 6.07) is 6.26. The molecule has 0 bridgehead atoms. The van der Waals surface area contributed by atoms with Crippen molar-refractivity contribution in [2.45, 2.75) is 32.4 Å². The van der Waals surface area contributed by atoms with Crippen LogP contribution in [0, 0.1) is 6.92 Å². The molecule has 1 saturated heterocycles. The number of aryl methyl sites for hydroxylation is 1. The molecule has 0 unspecified atom stereocenters. The van der Waals surface area contributed by atoms with Gasteiger partial charge in [0.1, 0.15) is 5.75 Å². The van der Waals surface area contributed by atoms with Crippen molar-refractivity contribution in [2.24, 2.45) is 0 Å². The normalized spacial score (nSPS) is 15.2. The second-order valence-electron chi connectivity index (χ2n) is 6.53. The molecule has 1 aromatic heterocycles. The Morgan fingerprint density at radius 1 is 1.40 bits per heavy atom. The number of hydrogen-bond donors (Lipinski definition) is 1. The predicted molar refractivity (Wildman–Crippen MR) is 94.7 cm³/mol. The number of nitrogens with zero attached hydrogens (tertiary/aromatic N) is 4. The molecule has 1 N–H and O–H groups in total. The molecule has 2 aromatic rings. The Morgan fingerprint density at radius 3 is 2.84 bits per heavy atom. The van der Waals surface area contributed by atoms with Crippen molar-refractivity contribution in [1.29, 1.82) is 0 Å². The van der Waals surface area contributed by atoms with Gasteiger partial charge in [0.25, 0.3) is 5.91 Å². The fourth-order valence-electron chi connectivity index (χ4n) is 3.20. The Hall–Kier alpha value is -2.41. The largest absolute Gasteiger partial charge is 0.496 e. The minimum Gasteiger partial charge on any atom is -0.496 e. The van der Waals surface area contributed by atoms with Crippen LogP contribution < -0.4 is 10.1 Å². The third-order valence-electron chi connectivity index (χ3n) is 4.64. The highest BCUT2D eigenvalue weighted by atomic mass is 16.5. The van der Waals surface area contributed by atoms with Gasteiger partial charge in [-0.15, -0.1) is 5.10 Å². The van der Waals surface area contributed by atoms with E-state index in [-0.39, 0.29) is 5.91 Å². The van der Waals surface area contributed by atoms with Crippen molar-refractivity contribution in [1.82, 2.24) is 25.2 Å². The van der Waals surface area contributed by atoms with E-state index in [0.717, 1.165) is 42.8 Å². The molecule has 0 aliphatic carbocycles. The molecule has 2 heterocycles. The van der Waals surface area contributed by atoms with Crippen LogP contribution in [0.2, 0.25) is 0 Å². The van der Waals surface area contributed by atoms with E-state index < -0.39 is 0 Å². The molecule has 7 nitrogen and oxygen atoms in total. The first kappa shape index (κ1) is 17.4. The van der Waals surface area contributed by atoms with Gasteiger partial charge in [0, 0.05) is 13.6 Å². The zero-order valence-corrected chi connectivity index (χ0v) is 15.0. The number of piperidine rings is 1. The van der Waals surface area contributed by atoms with E-state index in [1.54, 1.807) is 25.3 Å². The molecule has 1 amide bonds. The van der Waals surface area contributed by atoms with E-state index in [2.05, 4.69) is 15.6 Å². The number of amides is 1. The Bertz CT molecular complexity index is 737. The molecule has 0 spiro atoms. The summed E-state index contributed by atoms with van der Waals surface area (Å²) in [5, 5.41) is 11.6. The number of hydrogen-bond acceptors (Lipinski definition) is 5. The molecule has 0 atom stereocenters. The molecule has 1 aliphatic rings. The van der Waals surface area contributed by atoms with Gasteiger partial charge in [-0.1, -0.05) is 17.3 Å². The number of ether oxygens (including phenoxy) is 1. The van der Waals surface area contributed by atoms with Gasteiger partial charge in [0.2, 0.25) is 0 Å². The van der Waals surface area contributed by atoms with Gasteiger partial charge in [-0.3, -0.25) is 4.79 Å². The maximum absolute atomic E-state index is 12.6. The lowest BCUT2D eigenvalue weighted by Gasteiger charge is -2.22. The highest BCUT2D eigenvalue weighted by Gasteiger charge is 2.20. The summed E-state index contributed by atoms with van der Waals surface area (Å²) in [5.41, 5.74) is 2.50. The van der Waals surface area contributed by atoms with Crippen molar-refractivity contribution in [3.05, 3.63) is 41.2 Å². The maximum atomic E-state index is 12.6. The summed E-state index contributed by atoms with van der Waals surface area (Å²) in [7, 11) is 3.44. The summed E-state index contributed by atoms with van der Waals surface area (Å²) in [5.74, 6) is 0.733. The SMILES string of the molecule is COc1ccc(CN(C)C(=O)c2cn(C3CCNCC3)nn2)cc1C. The van der Waals surface area contributed by atoms with E-state index in [1.807, 2.05) is 29.8 Å². The first-order valence-corrected chi connectivity index (χ1v) is 8.60. The number of carbonyl (C=O) groups is 1. The third-order valence-corrected chi connectivity index (χ3v) is 4.64. The van der Waals surface area contributed by atoms with Crippen LogP contribution in [0.25, 0.3) is 0 Å². The van der Waals surface area contributed by atoms with Crippen LogP contribution in [0.5, 0.6) is 5.75 Å². The second-order valence-corrected chi connectivity index (χ2v) is 6.53. The molecule has 134 valence electrons. The third kappa shape index (κ3) is 3.99. The Kier molecular flexibility index (Phi) is 5.33. The van der Waals surface area contributed by atoms with E-state index in [9.17, 15) is 4.79 Å². The minimum atomic E-state index is -0.117. The maximum Gasteiger partial charge on any atom is 0.276 e. The van der Waals surface area contributed by atoms with Gasteiger partial charge >= 0.3 is 0 Å². The first-order valence-electron chi connectivity index (χ1n) is 8.60. The van der Waals surface area contributed by atoms with Gasteiger partial charge in [0.15, 0.2) is 5.69 Å². The lowest BCUT2D eigenvalue weighted by Crippen LogP contribution is -2.29. The summed E-state index contributed by atoms with van der Waals surface area (Å²) >= 11 is 0. The van der Waals surface area contributed by atoms with Gasteiger partial charge in [0.05, 0.1) is 19.3 Å². The number of benzene rings is 1. The lowest BCUT2D eigenvalue weighted by atomic mass is 10.1. The zero-order chi connectivity index (χ0) is 17.8. The summed E-state index contributed by atoms with van der Waals surface area (Å²) in [6.45, 7) is 4.47. The molecule has 1 fully saturated rings. The monoisotopic (exact) mass is 343 g/mol. The highest BCUT2D eigenvalue weighted by Crippen LogP contribution is 2.20. The minimum absolute atomic E-state index is 0.117. The predicted octanol–water partition coefficient (Wildman–Crippen LogP) is 1.79. The van der Waals surface area contributed by atoms with Crippen molar-refractivity contribution >= 4 is 5.91 Å². The van der Waals surface area contributed by atoms with E-state index in [1.165, 1.54) is 0 Å². The zero-order valence-electron chi connectivity index (χ0n) is 15.0. The summed E-state index contributed by atoms with van der Waals surface area (Å²) in [4.78, 5) is 14.3. The van der Waals surface area contributed by atoms with Gasteiger partial charge in [-0.05, 0) is 50.0 Å². The van der Waals surface area contributed by atoms with E-state index >= 15 is 0 Å². The molecule has 1 aromatic carbocycles. The van der Waals surface area contributed by atoms with E-state index in [4.69, 9.17) is 4.74 Å². The Morgan fingerprint density at radius 2 is 2.16 bits per heavy atom. The fraction of sp³-hybridized carbons (Fsp3) is 0.500. The molecule has 1 aliphatic heterocycles. The van der Waals surface area contributed by atoms with Gasteiger partial charge in [-0.2, -0.15) is 0 Å². The Balaban J connectivity index is 1.66. The molecule has 25 heavy (non-hydrogen) atoms. The molecular weight excluding hydrogens is 318 g/mol. The van der Waals surface area contributed by atoms with Crippen LogP contribution in [0.15, 0.2) is 24.4 Å². The standard InChI is InChI=1S/C18H25N5O2/c1-13-10-14(4-5-17(13)25-3)11-22(2)18(24)16-12-23(21-20-16)15-6-8-19-9-7-15/h4-5,10,12,15,19H,6-9,11H2,1-3H3. The van der Waals surface area contributed by atoms with Crippen molar-refractivity contribution in [2.75, 3.05) is 27.2 Å². The fourth-order valence-corrected chi connectivity index (χ4v) is 3.20. The van der Waals surface area contributed by atoms with Crippen LogP contribution in [0.4, 0.5) is 0 Å². The average molecular weight is 343 g/mol. The molecule has 3 rings (SSSR count). The number of carbonyl (C=O) groups excluding carboxylic acids is 1. The van der Waals surface area contributed by atoms with Crippen molar-refractivity contribution in [3.8, 4) is 5.75 Å². The quantitative estimate of drug-likeness (QED) is 0.896. The first-order chi connectivity index (χ1) is 12.1. The molecule has 7 heteroatoms. The average Bonchev–Trinajstić information content (AvgIpc) is 3.12. The number of methoxy groups -OCH3 is 1. The van der Waals surface area contributed by atoms with Crippen LogP contribution in [0.3, 0.4) is 0 Å². The highest BCUT2D eigenvalue weighted by molar-refractivity contribution is 5.91. The molecular formula is C18H25N5O2. The molecule has 0 saturated carbocycles. The Labute approximate surface area is 148 Å². The van der Waals surface area contributed by atoms with E-state index in [0.29, 0.717) is 18.3 Å². The van der Waals surface area contributed by atoms with Gasteiger partial charge in [-0.25, -0.2) is 4.68 Å². The molecule has 0 radical (unpaired) electrons.